The summed E-state index contributed by atoms with van der Waals surface area (Å²) in [6.07, 6.45) is 1.29. The Kier molecular flexibility index (Phi) is 8.80. The van der Waals surface area contributed by atoms with Gasteiger partial charge >= 0.3 is 0 Å². The second-order valence-corrected chi connectivity index (χ2v) is 10.1. The number of carbonyl (C=O) groups is 1. The van der Waals surface area contributed by atoms with Crippen molar-refractivity contribution in [2.24, 2.45) is 0 Å². The summed E-state index contributed by atoms with van der Waals surface area (Å²) in [7, 11) is -3.83. The minimum Gasteiger partial charge on any atom is -0.396 e. The van der Waals surface area contributed by atoms with Gasteiger partial charge in [0.15, 0.2) is 5.78 Å². The lowest BCUT2D eigenvalue weighted by Gasteiger charge is -2.31. The third-order valence-electron chi connectivity index (χ3n) is 5.52. The van der Waals surface area contributed by atoms with Crippen LogP contribution in [0.2, 0.25) is 5.02 Å². The molecule has 5 nitrogen and oxygen atoms in total. The minimum atomic E-state index is -3.83. The number of ketones is 1. The van der Waals surface area contributed by atoms with Gasteiger partial charge in [-0.2, -0.15) is 4.31 Å². The van der Waals surface area contributed by atoms with Crippen molar-refractivity contribution in [3.8, 4) is 0 Å². The van der Waals surface area contributed by atoms with Crippen LogP contribution in [0.1, 0.15) is 53.7 Å². The van der Waals surface area contributed by atoms with Crippen LogP contribution >= 0.6 is 11.6 Å². The largest absolute Gasteiger partial charge is 0.396 e. The number of hydrogen-bond acceptors (Lipinski definition) is 4. The van der Waals surface area contributed by atoms with E-state index < -0.39 is 10.0 Å². The van der Waals surface area contributed by atoms with Crippen molar-refractivity contribution in [2.75, 3.05) is 6.61 Å². The Bertz CT molecular complexity index is 1150. The summed E-state index contributed by atoms with van der Waals surface area (Å²) in [6.45, 7) is 2.09. The van der Waals surface area contributed by atoms with Gasteiger partial charge in [-0.3, -0.25) is 4.79 Å². The summed E-state index contributed by atoms with van der Waals surface area (Å²) in [5.74, 6) is -0.0445. The Balaban J connectivity index is 1.97. The summed E-state index contributed by atoms with van der Waals surface area (Å²) >= 11 is 5.98. The molecular weight excluding hydrogens is 458 g/mol. The SMILES string of the molecule is CC[C@@H](c1ccccc1)N(Cc1ccc(C(=O)CCCO)cc1)S(=O)(=O)c1ccc(Cl)cc1. The molecule has 0 fully saturated rings. The van der Waals surface area contributed by atoms with Gasteiger partial charge in [-0.15, -0.1) is 0 Å². The Labute approximate surface area is 200 Å². The van der Waals surface area contributed by atoms with Gasteiger partial charge in [0.1, 0.15) is 0 Å². The van der Waals surface area contributed by atoms with Gasteiger partial charge in [-0.1, -0.05) is 73.1 Å². The number of aliphatic hydroxyl groups excluding tert-OH is 1. The van der Waals surface area contributed by atoms with E-state index in [-0.39, 0.29) is 36.3 Å². The van der Waals surface area contributed by atoms with Gasteiger partial charge in [0.2, 0.25) is 10.0 Å². The predicted molar refractivity (Wildman–Crippen MR) is 131 cm³/mol. The Morgan fingerprint density at radius 3 is 2.18 bits per heavy atom. The van der Waals surface area contributed by atoms with E-state index in [2.05, 4.69) is 0 Å². The Morgan fingerprint density at radius 2 is 1.61 bits per heavy atom. The number of nitrogens with zero attached hydrogens (tertiary/aromatic N) is 1. The fourth-order valence-corrected chi connectivity index (χ4v) is 5.55. The molecule has 0 amide bonds. The maximum absolute atomic E-state index is 13.7. The molecule has 0 saturated heterocycles. The second-order valence-electron chi connectivity index (χ2n) is 7.79. The smallest absolute Gasteiger partial charge is 0.243 e. The maximum atomic E-state index is 13.7. The van der Waals surface area contributed by atoms with Crippen molar-refractivity contribution >= 4 is 27.4 Å². The van der Waals surface area contributed by atoms with Crippen molar-refractivity contribution in [2.45, 2.75) is 43.7 Å². The fraction of sp³-hybridized carbons (Fsp3) is 0.269. The van der Waals surface area contributed by atoms with Crippen molar-refractivity contribution in [3.63, 3.8) is 0 Å². The van der Waals surface area contributed by atoms with Crippen LogP contribution in [0.3, 0.4) is 0 Å². The molecule has 0 unspecified atom stereocenters. The highest BCUT2D eigenvalue weighted by atomic mass is 35.5. The van der Waals surface area contributed by atoms with Crippen molar-refractivity contribution in [3.05, 3.63) is 101 Å². The number of Topliss-reactive ketones (excluding diaryl/α,β-unsaturated/α-hetero) is 1. The summed E-state index contributed by atoms with van der Waals surface area (Å²) in [6, 6.07) is 22.4. The van der Waals surface area contributed by atoms with Gasteiger partial charge in [0.25, 0.3) is 0 Å². The number of hydrogen-bond donors (Lipinski definition) is 1. The van der Waals surface area contributed by atoms with E-state index in [1.165, 1.54) is 16.4 Å². The lowest BCUT2D eigenvalue weighted by molar-refractivity contribution is 0.0971. The molecular formula is C26H28ClNO4S. The molecule has 1 atom stereocenters. The third-order valence-corrected chi connectivity index (χ3v) is 7.64. The van der Waals surface area contributed by atoms with Gasteiger partial charge in [0, 0.05) is 30.2 Å². The monoisotopic (exact) mass is 485 g/mol. The molecule has 0 heterocycles. The predicted octanol–water partition coefficient (Wildman–Crippen LogP) is 5.64. The average Bonchev–Trinajstić information content (AvgIpc) is 2.83. The molecule has 33 heavy (non-hydrogen) atoms. The van der Waals surface area contributed by atoms with Crippen LogP contribution in [0.5, 0.6) is 0 Å². The van der Waals surface area contributed by atoms with Gasteiger partial charge in [0.05, 0.1) is 10.9 Å². The molecule has 0 saturated carbocycles. The molecule has 174 valence electrons. The number of rotatable bonds is 11. The highest BCUT2D eigenvalue weighted by Crippen LogP contribution is 2.32. The van der Waals surface area contributed by atoms with Crippen molar-refractivity contribution < 1.29 is 18.3 Å². The van der Waals surface area contributed by atoms with Crippen LogP contribution in [0.25, 0.3) is 0 Å². The van der Waals surface area contributed by atoms with Gasteiger partial charge in [-0.05, 0) is 48.2 Å². The average molecular weight is 486 g/mol. The zero-order chi connectivity index (χ0) is 23.8. The lowest BCUT2D eigenvalue weighted by Crippen LogP contribution is -2.34. The van der Waals surface area contributed by atoms with Crippen LogP contribution in [-0.4, -0.2) is 30.2 Å². The number of halogens is 1. The van der Waals surface area contributed by atoms with Gasteiger partial charge in [-0.25, -0.2) is 8.42 Å². The molecule has 0 aliphatic heterocycles. The van der Waals surface area contributed by atoms with E-state index in [1.54, 1.807) is 36.4 Å². The molecule has 0 spiro atoms. The summed E-state index contributed by atoms with van der Waals surface area (Å²) in [5.41, 5.74) is 2.24. The van der Waals surface area contributed by atoms with E-state index in [4.69, 9.17) is 16.7 Å². The van der Waals surface area contributed by atoms with Crippen molar-refractivity contribution in [1.82, 2.24) is 4.31 Å². The Hall–Kier alpha value is -2.51. The third kappa shape index (κ3) is 6.30. The van der Waals surface area contributed by atoms with E-state index in [9.17, 15) is 13.2 Å². The minimum absolute atomic E-state index is 0.0285. The lowest BCUT2D eigenvalue weighted by atomic mass is 10.0. The van der Waals surface area contributed by atoms with Crippen LogP contribution in [0, 0.1) is 0 Å². The first-order chi connectivity index (χ1) is 15.9. The molecule has 0 aliphatic rings. The quantitative estimate of drug-likeness (QED) is 0.357. The standard InChI is InChI=1S/C26H28ClNO4S/c1-2-25(21-7-4-3-5-8-21)28(33(31,32)24-16-14-23(27)15-17-24)19-20-10-12-22(13-11-20)26(30)9-6-18-29/h3-5,7-8,10-17,25,29H,2,6,9,18-19H2,1H3/t25-/m0/s1. The zero-order valence-corrected chi connectivity index (χ0v) is 20.1. The maximum Gasteiger partial charge on any atom is 0.243 e. The first-order valence-corrected chi connectivity index (χ1v) is 12.7. The van der Waals surface area contributed by atoms with E-state index >= 15 is 0 Å². The Morgan fingerprint density at radius 1 is 0.970 bits per heavy atom. The topological polar surface area (TPSA) is 74.7 Å². The molecule has 3 aromatic rings. The molecule has 0 bridgehead atoms. The molecule has 0 aromatic heterocycles. The number of benzene rings is 3. The summed E-state index contributed by atoms with van der Waals surface area (Å²) in [5, 5.41) is 9.41. The van der Waals surface area contributed by atoms with Gasteiger partial charge < -0.3 is 5.11 Å². The van der Waals surface area contributed by atoms with Crippen LogP contribution in [-0.2, 0) is 16.6 Å². The molecule has 0 aliphatic carbocycles. The molecule has 7 heteroatoms. The van der Waals surface area contributed by atoms with Crippen LogP contribution in [0.4, 0.5) is 0 Å². The highest BCUT2D eigenvalue weighted by Gasteiger charge is 2.31. The van der Waals surface area contributed by atoms with Crippen LogP contribution < -0.4 is 0 Å². The van der Waals surface area contributed by atoms with Crippen molar-refractivity contribution in [1.29, 1.82) is 0 Å². The molecule has 3 aromatic carbocycles. The summed E-state index contributed by atoms with van der Waals surface area (Å²) < 4.78 is 28.9. The first-order valence-electron chi connectivity index (χ1n) is 10.9. The van der Waals surface area contributed by atoms with Crippen LogP contribution in [0.15, 0.2) is 83.8 Å². The normalized spacial score (nSPS) is 12.6. The summed E-state index contributed by atoms with van der Waals surface area (Å²) in [4.78, 5) is 12.4. The van der Waals surface area contributed by atoms with E-state index in [0.717, 1.165) is 11.1 Å². The van der Waals surface area contributed by atoms with E-state index in [0.29, 0.717) is 23.4 Å². The molecule has 0 radical (unpaired) electrons. The first kappa shape index (κ1) is 25.1. The molecule has 1 N–H and O–H groups in total. The second kappa shape index (κ2) is 11.6. The zero-order valence-electron chi connectivity index (χ0n) is 18.5. The molecule has 3 rings (SSSR count). The number of sulfonamides is 1. The highest BCUT2D eigenvalue weighted by molar-refractivity contribution is 7.89. The number of carbonyl (C=O) groups excluding carboxylic acids is 1. The van der Waals surface area contributed by atoms with E-state index in [1.807, 2.05) is 37.3 Å². The number of aliphatic hydroxyl groups is 1. The fourth-order valence-electron chi connectivity index (χ4n) is 3.75.